The zero-order valence-electron chi connectivity index (χ0n) is 16.9. The Morgan fingerprint density at radius 2 is 2.10 bits per heavy atom. The topological polar surface area (TPSA) is 98.0 Å². The maximum atomic E-state index is 13.8. The number of fused-ring (bicyclic) bond motifs is 1. The van der Waals surface area contributed by atoms with E-state index in [4.69, 9.17) is 9.72 Å². The van der Waals surface area contributed by atoms with E-state index >= 15 is 0 Å². The number of hydrogen-bond acceptors (Lipinski definition) is 7. The van der Waals surface area contributed by atoms with E-state index in [0.29, 0.717) is 60.6 Å². The quantitative estimate of drug-likeness (QED) is 0.583. The van der Waals surface area contributed by atoms with Crippen LogP contribution in [0.5, 0.6) is 0 Å². The molecule has 31 heavy (non-hydrogen) atoms. The first-order valence-electron chi connectivity index (χ1n) is 9.88. The number of aryl methyl sites for hydroxylation is 1. The number of hydrazine groups is 1. The van der Waals surface area contributed by atoms with E-state index in [1.807, 2.05) is 6.92 Å². The number of hydrogen-bond donors (Lipinski definition) is 3. The van der Waals surface area contributed by atoms with Crippen molar-refractivity contribution in [2.45, 2.75) is 32.6 Å². The molecule has 3 aromatic heterocycles. The Bertz CT molecular complexity index is 1090. The highest BCUT2D eigenvalue weighted by Crippen LogP contribution is 2.44. The molecule has 0 saturated carbocycles. The molecular formula is C19H21F3N8O. The fraction of sp³-hybridized carbons (Fsp3) is 0.421. The monoisotopic (exact) mass is 434 g/mol. The van der Waals surface area contributed by atoms with Gasteiger partial charge in [0.2, 0.25) is 0 Å². The first-order chi connectivity index (χ1) is 14.8. The predicted octanol–water partition coefficient (Wildman–Crippen LogP) is 2.90. The molecule has 12 heteroatoms. The van der Waals surface area contributed by atoms with Gasteiger partial charge in [0, 0.05) is 36.0 Å². The molecule has 2 aliphatic heterocycles. The lowest BCUT2D eigenvalue weighted by Gasteiger charge is -2.35. The number of anilines is 3. The van der Waals surface area contributed by atoms with Crippen LogP contribution in [0.4, 0.5) is 30.6 Å². The van der Waals surface area contributed by atoms with Gasteiger partial charge in [0.05, 0.1) is 25.5 Å². The summed E-state index contributed by atoms with van der Waals surface area (Å²) in [7, 11) is 0. The van der Waals surface area contributed by atoms with E-state index < -0.39 is 11.9 Å². The summed E-state index contributed by atoms with van der Waals surface area (Å²) in [5.41, 5.74) is 3.76. The average molecular weight is 434 g/mol. The van der Waals surface area contributed by atoms with Gasteiger partial charge >= 0.3 is 6.18 Å². The van der Waals surface area contributed by atoms with E-state index in [2.05, 4.69) is 30.7 Å². The average Bonchev–Trinajstić information content (AvgIpc) is 3.46. The molecule has 5 rings (SSSR count). The second kappa shape index (κ2) is 7.24. The summed E-state index contributed by atoms with van der Waals surface area (Å²) in [4.78, 5) is 6.89. The molecule has 0 amide bonds. The normalized spacial score (nSPS) is 19.2. The van der Waals surface area contributed by atoms with Crippen molar-refractivity contribution in [2.24, 2.45) is 0 Å². The molecule has 0 spiro atoms. The zero-order chi connectivity index (χ0) is 21.8. The third-order valence-corrected chi connectivity index (χ3v) is 5.59. The van der Waals surface area contributed by atoms with Gasteiger partial charge in [0.25, 0.3) is 0 Å². The number of nitrogens with zero attached hydrogens (tertiary/aromatic N) is 5. The number of halogens is 3. The van der Waals surface area contributed by atoms with E-state index in [0.717, 1.165) is 0 Å². The van der Waals surface area contributed by atoms with Crippen molar-refractivity contribution in [2.75, 3.05) is 29.7 Å². The summed E-state index contributed by atoms with van der Waals surface area (Å²) in [5, 5.41) is 14.6. The van der Waals surface area contributed by atoms with Crippen LogP contribution in [0.2, 0.25) is 0 Å². The van der Waals surface area contributed by atoms with Crippen molar-refractivity contribution in [1.82, 2.24) is 30.8 Å². The second-order valence-corrected chi connectivity index (χ2v) is 7.63. The maximum Gasteiger partial charge on any atom is 0.435 e. The fourth-order valence-corrected chi connectivity index (χ4v) is 4.11. The van der Waals surface area contributed by atoms with Crippen LogP contribution in [0.15, 0.2) is 18.3 Å². The summed E-state index contributed by atoms with van der Waals surface area (Å²) in [6, 6.07) is 3.53. The number of aromatic amines is 2. The van der Waals surface area contributed by atoms with Gasteiger partial charge in [-0.05, 0) is 25.5 Å². The molecule has 9 nitrogen and oxygen atoms in total. The lowest BCUT2D eigenvalue weighted by atomic mass is 9.98. The van der Waals surface area contributed by atoms with Crippen molar-refractivity contribution < 1.29 is 17.9 Å². The van der Waals surface area contributed by atoms with Crippen LogP contribution in [-0.4, -0.2) is 51.2 Å². The number of nitrogens with one attached hydrogen (secondary N) is 3. The Balaban J connectivity index is 1.72. The SMILES string of the molecule is Cc1[nH]nc(C(F)(F)F)c1-c1cc(N2CCOC[C@H]2C)nc2c1CNN2c1ccn[nH]1. The lowest BCUT2D eigenvalue weighted by molar-refractivity contribution is -0.140. The molecule has 3 aromatic rings. The zero-order valence-corrected chi connectivity index (χ0v) is 16.9. The number of aromatic nitrogens is 5. The van der Waals surface area contributed by atoms with Crippen LogP contribution in [0, 0.1) is 6.92 Å². The summed E-state index contributed by atoms with van der Waals surface area (Å²) in [6.45, 7) is 5.56. The van der Waals surface area contributed by atoms with Crippen LogP contribution in [-0.2, 0) is 17.5 Å². The summed E-state index contributed by atoms with van der Waals surface area (Å²) in [5.74, 6) is 1.76. The van der Waals surface area contributed by atoms with Crippen LogP contribution < -0.4 is 15.3 Å². The molecule has 0 radical (unpaired) electrons. The third kappa shape index (κ3) is 3.31. The van der Waals surface area contributed by atoms with Crippen molar-refractivity contribution in [3.8, 4) is 11.1 Å². The standard InChI is InChI=1S/C19H21F3N8O/c1-10-9-31-6-5-29(10)15-7-12(16-11(2)26-28-17(16)19(20,21)22)13-8-24-30(18(13)25-15)14-3-4-23-27-14/h3-4,7,10,24H,5-6,8-9H2,1-2H3,(H,23,27)(H,26,28)/t10-/m1/s1. The molecule has 164 valence electrons. The van der Waals surface area contributed by atoms with Crippen molar-refractivity contribution in [1.29, 1.82) is 0 Å². The fourth-order valence-electron chi connectivity index (χ4n) is 4.11. The van der Waals surface area contributed by atoms with E-state index in [1.165, 1.54) is 0 Å². The molecule has 3 N–H and O–H groups in total. The highest BCUT2D eigenvalue weighted by molar-refractivity contribution is 5.81. The number of alkyl halides is 3. The van der Waals surface area contributed by atoms with Crippen molar-refractivity contribution >= 4 is 17.5 Å². The van der Waals surface area contributed by atoms with Crippen LogP contribution in [0.1, 0.15) is 23.9 Å². The molecule has 5 heterocycles. The van der Waals surface area contributed by atoms with Gasteiger partial charge in [0.1, 0.15) is 11.6 Å². The van der Waals surface area contributed by atoms with Gasteiger partial charge in [0.15, 0.2) is 11.5 Å². The molecular weight excluding hydrogens is 413 g/mol. The molecule has 2 aliphatic rings. The number of morpholine rings is 1. The summed E-state index contributed by atoms with van der Waals surface area (Å²) < 4.78 is 46.8. The summed E-state index contributed by atoms with van der Waals surface area (Å²) in [6.07, 6.45) is -2.98. The first kappa shape index (κ1) is 19.8. The number of H-pyrrole nitrogens is 2. The number of rotatable bonds is 3. The van der Waals surface area contributed by atoms with Gasteiger partial charge < -0.3 is 9.64 Å². The van der Waals surface area contributed by atoms with Crippen LogP contribution >= 0.6 is 0 Å². The minimum atomic E-state index is -4.59. The third-order valence-electron chi connectivity index (χ3n) is 5.59. The summed E-state index contributed by atoms with van der Waals surface area (Å²) >= 11 is 0. The van der Waals surface area contributed by atoms with Crippen LogP contribution in [0.3, 0.4) is 0 Å². The predicted molar refractivity (Wildman–Crippen MR) is 107 cm³/mol. The molecule has 1 fully saturated rings. The highest BCUT2D eigenvalue weighted by Gasteiger charge is 2.40. The van der Waals surface area contributed by atoms with Gasteiger partial charge in [-0.15, -0.1) is 0 Å². The van der Waals surface area contributed by atoms with E-state index in [9.17, 15) is 13.2 Å². The number of ether oxygens (including phenoxy) is 1. The second-order valence-electron chi connectivity index (χ2n) is 7.63. The Kier molecular flexibility index (Phi) is 4.63. The maximum absolute atomic E-state index is 13.8. The smallest absolute Gasteiger partial charge is 0.377 e. The minimum absolute atomic E-state index is 0.0367. The van der Waals surface area contributed by atoms with Gasteiger partial charge in [-0.2, -0.15) is 23.4 Å². The largest absolute Gasteiger partial charge is 0.435 e. The number of pyridine rings is 1. The van der Waals surface area contributed by atoms with Gasteiger partial charge in [-0.25, -0.2) is 15.4 Å². The van der Waals surface area contributed by atoms with Gasteiger partial charge in [-0.1, -0.05) is 0 Å². The molecule has 0 unspecified atom stereocenters. The van der Waals surface area contributed by atoms with Crippen LogP contribution in [0.25, 0.3) is 11.1 Å². The minimum Gasteiger partial charge on any atom is -0.377 e. The highest BCUT2D eigenvalue weighted by atomic mass is 19.4. The van der Waals surface area contributed by atoms with E-state index in [-0.39, 0.29) is 11.6 Å². The Morgan fingerprint density at radius 3 is 2.81 bits per heavy atom. The van der Waals surface area contributed by atoms with Gasteiger partial charge in [-0.3, -0.25) is 10.2 Å². The lowest BCUT2D eigenvalue weighted by Crippen LogP contribution is -2.44. The van der Waals surface area contributed by atoms with Crippen molar-refractivity contribution in [3.05, 3.63) is 35.3 Å². The Morgan fingerprint density at radius 1 is 1.26 bits per heavy atom. The molecule has 1 saturated heterocycles. The first-order valence-corrected chi connectivity index (χ1v) is 9.88. The molecule has 0 aromatic carbocycles. The molecule has 0 aliphatic carbocycles. The molecule has 1 atom stereocenters. The Hall–Kier alpha value is -3.12. The van der Waals surface area contributed by atoms with E-state index in [1.54, 1.807) is 30.3 Å². The van der Waals surface area contributed by atoms with Crippen molar-refractivity contribution in [3.63, 3.8) is 0 Å². The Labute approximate surface area is 175 Å². The molecule has 0 bridgehead atoms.